The molecule has 0 radical (unpaired) electrons. The van der Waals surface area contributed by atoms with Crippen LogP contribution in [0.4, 0.5) is 4.79 Å². The van der Waals surface area contributed by atoms with Crippen LogP contribution in [0, 0.1) is 5.92 Å². The minimum Gasteiger partial charge on any atom is -0.493 e. The molecule has 0 bridgehead atoms. The number of hydrogen-bond donors (Lipinski definition) is 1. The van der Waals surface area contributed by atoms with Crippen LogP contribution in [0.1, 0.15) is 43.0 Å². The molecule has 0 fully saturated rings. The number of hydrogen-bond acceptors (Lipinski definition) is 7. The normalized spacial score (nSPS) is 16.3. The predicted molar refractivity (Wildman–Crippen MR) is 135 cm³/mol. The van der Waals surface area contributed by atoms with Crippen LogP contribution in [0.5, 0.6) is 23.0 Å². The number of methoxy groups -OCH3 is 5. The largest absolute Gasteiger partial charge is 0.493 e. The van der Waals surface area contributed by atoms with Crippen molar-refractivity contribution < 1.29 is 33.3 Å². The molecule has 0 saturated heterocycles. The van der Waals surface area contributed by atoms with Crippen molar-refractivity contribution in [3.8, 4) is 23.0 Å². The quantitative estimate of drug-likeness (QED) is 0.521. The Morgan fingerprint density at radius 2 is 1.56 bits per heavy atom. The Labute approximate surface area is 212 Å². The maximum Gasteiger partial charge on any atom is 0.328 e. The van der Waals surface area contributed by atoms with Gasteiger partial charge in [-0.05, 0) is 53.3 Å². The van der Waals surface area contributed by atoms with Gasteiger partial charge in [0.2, 0.25) is 0 Å². The number of esters is 1. The zero-order valence-electron chi connectivity index (χ0n) is 22.0. The number of carbonyl (C=O) groups is 2. The van der Waals surface area contributed by atoms with Crippen LogP contribution in [-0.4, -0.2) is 65.0 Å². The van der Waals surface area contributed by atoms with Gasteiger partial charge in [-0.3, -0.25) is 0 Å². The first-order chi connectivity index (χ1) is 17.3. The van der Waals surface area contributed by atoms with Gasteiger partial charge in [-0.1, -0.05) is 26.3 Å². The highest BCUT2D eigenvalue weighted by Crippen LogP contribution is 2.42. The van der Waals surface area contributed by atoms with E-state index in [2.05, 4.69) is 5.32 Å². The summed E-state index contributed by atoms with van der Waals surface area (Å²) in [4.78, 5) is 27.9. The Balaban J connectivity index is 2.11. The summed E-state index contributed by atoms with van der Waals surface area (Å²) >= 11 is 0. The lowest BCUT2D eigenvalue weighted by atomic mass is 9.87. The second-order valence-corrected chi connectivity index (χ2v) is 8.70. The summed E-state index contributed by atoms with van der Waals surface area (Å²) in [6.45, 7) is 4.31. The molecule has 1 aliphatic rings. The van der Waals surface area contributed by atoms with E-state index in [-0.39, 0.29) is 11.9 Å². The topological polar surface area (TPSA) is 95.6 Å². The first-order valence-corrected chi connectivity index (χ1v) is 11.9. The molecule has 1 heterocycles. The molecule has 0 spiro atoms. The van der Waals surface area contributed by atoms with Crippen LogP contribution < -0.4 is 24.3 Å². The lowest BCUT2D eigenvalue weighted by Crippen LogP contribution is -2.53. The molecule has 2 aromatic rings. The molecule has 1 aliphatic heterocycles. The highest BCUT2D eigenvalue weighted by molar-refractivity contribution is 5.84. The van der Waals surface area contributed by atoms with Gasteiger partial charge >= 0.3 is 12.0 Å². The van der Waals surface area contributed by atoms with E-state index in [1.807, 2.05) is 44.2 Å². The van der Waals surface area contributed by atoms with Gasteiger partial charge in [0.25, 0.3) is 0 Å². The number of nitrogens with zero attached hydrogens (tertiary/aromatic N) is 1. The molecular weight excluding hydrogens is 464 g/mol. The van der Waals surface area contributed by atoms with Crippen molar-refractivity contribution >= 4 is 12.0 Å². The first-order valence-electron chi connectivity index (χ1n) is 11.9. The van der Waals surface area contributed by atoms with E-state index in [0.29, 0.717) is 42.4 Å². The van der Waals surface area contributed by atoms with Gasteiger partial charge in [0.15, 0.2) is 23.0 Å². The van der Waals surface area contributed by atoms with Gasteiger partial charge in [-0.15, -0.1) is 0 Å². The van der Waals surface area contributed by atoms with Gasteiger partial charge in [0.05, 0.1) is 41.6 Å². The van der Waals surface area contributed by atoms with Gasteiger partial charge < -0.3 is 33.9 Å². The SMILES string of the molecule is CC[C@H](C)[C@H](NC(=O)N1CCc2cc(OC)c(OC)cc2[C@H]1c1ccc(OC)c(OC)c1)C(=O)OC. The van der Waals surface area contributed by atoms with Crippen LogP contribution in [0.25, 0.3) is 0 Å². The van der Waals surface area contributed by atoms with Crippen LogP contribution in [-0.2, 0) is 16.0 Å². The average Bonchev–Trinajstić information content (AvgIpc) is 2.92. The smallest absolute Gasteiger partial charge is 0.328 e. The summed E-state index contributed by atoms with van der Waals surface area (Å²) in [6, 6.07) is 7.86. The number of rotatable bonds is 9. The predicted octanol–water partition coefficient (Wildman–Crippen LogP) is 3.97. The van der Waals surface area contributed by atoms with Crippen molar-refractivity contribution in [3.05, 3.63) is 47.0 Å². The minimum absolute atomic E-state index is 0.0950. The molecule has 0 aromatic heterocycles. The van der Waals surface area contributed by atoms with E-state index < -0.39 is 18.1 Å². The lowest BCUT2D eigenvalue weighted by Gasteiger charge is -2.39. The molecule has 2 aromatic carbocycles. The van der Waals surface area contributed by atoms with Crippen LogP contribution >= 0.6 is 0 Å². The van der Waals surface area contributed by atoms with Crippen molar-refractivity contribution in [2.24, 2.45) is 5.92 Å². The van der Waals surface area contributed by atoms with Crippen molar-refractivity contribution in [1.82, 2.24) is 10.2 Å². The Bertz CT molecular complexity index is 1090. The standard InChI is InChI=1S/C27H36N2O7/c1-8-16(2)24(26(30)36-7)28-27(31)29-12-11-17-13-22(34-5)23(35-6)15-19(17)25(29)18-9-10-20(32-3)21(14-18)33-4/h9-10,13-16,24-25H,8,11-12H2,1-7H3,(H,28,31)/t16-,24-,25+/m0/s1. The van der Waals surface area contributed by atoms with E-state index in [4.69, 9.17) is 23.7 Å². The fourth-order valence-electron chi connectivity index (χ4n) is 4.56. The Kier molecular flexibility index (Phi) is 8.90. The maximum absolute atomic E-state index is 13.7. The maximum atomic E-state index is 13.7. The second-order valence-electron chi connectivity index (χ2n) is 8.70. The van der Waals surface area contributed by atoms with Crippen molar-refractivity contribution in [2.45, 2.75) is 38.8 Å². The van der Waals surface area contributed by atoms with E-state index in [0.717, 1.165) is 16.7 Å². The number of carbonyl (C=O) groups excluding carboxylic acids is 2. The molecule has 36 heavy (non-hydrogen) atoms. The summed E-state index contributed by atoms with van der Waals surface area (Å²) in [6.07, 6.45) is 1.32. The zero-order chi connectivity index (χ0) is 26.4. The van der Waals surface area contributed by atoms with E-state index >= 15 is 0 Å². The van der Waals surface area contributed by atoms with Crippen LogP contribution in [0.15, 0.2) is 30.3 Å². The Hall–Kier alpha value is -3.62. The minimum atomic E-state index is -0.759. The van der Waals surface area contributed by atoms with Crippen molar-refractivity contribution in [1.29, 1.82) is 0 Å². The van der Waals surface area contributed by atoms with Gasteiger partial charge in [0.1, 0.15) is 6.04 Å². The molecule has 0 saturated carbocycles. The summed E-state index contributed by atoms with van der Waals surface area (Å²) in [5.41, 5.74) is 2.77. The third kappa shape index (κ3) is 5.29. The number of ether oxygens (including phenoxy) is 5. The van der Waals surface area contributed by atoms with Crippen molar-refractivity contribution in [2.75, 3.05) is 42.1 Å². The number of urea groups is 1. The molecule has 9 nitrogen and oxygen atoms in total. The Morgan fingerprint density at radius 3 is 2.14 bits per heavy atom. The fourth-order valence-corrected chi connectivity index (χ4v) is 4.56. The number of nitrogens with one attached hydrogen (secondary N) is 1. The summed E-state index contributed by atoms with van der Waals surface area (Å²) < 4.78 is 27.0. The number of amides is 2. The third-order valence-electron chi connectivity index (χ3n) is 6.80. The van der Waals surface area contributed by atoms with E-state index in [9.17, 15) is 9.59 Å². The molecule has 2 amide bonds. The first kappa shape index (κ1) is 27.0. The number of fused-ring (bicyclic) bond motifs is 1. The van der Waals surface area contributed by atoms with Crippen LogP contribution in [0.2, 0.25) is 0 Å². The lowest BCUT2D eigenvalue weighted by molar-refractivity contribution is -0.144. The van der Waals surface area contributed by atoms with Crippen LogP contribution in [0.3, 0.4) is 0 Å². The molecule has 0 aliphatic carbocycles. The third-order valence-corrected chi connectivity index (χ3v) is 6.80. The molecule has 0 unspecified atom stereocenters. The molecule has 3 atom stereocenters. The number of benzene rings is 2. The zero-order valence-corrected chi connectivity index (χ0v) is 22.0. The second kappa shape index (κ2) is 11.9. The molecule has 196 valence electrons. The Morgan fingerprint density at radius 1 is 0.944 bits per heavy atom. The summed E-state index contributed by atoms with van der Waals surface area (Å²) in [7, 11) is 7.65. The molecule has 9 heteroatoms. The summed E-state index contributed by atoms with van der Waals surface area (Å²) in [5, 5.41) is 2.92. The van der Waals surface area contributed by atoms with E-state index in [1.54, 1.807) is 33.3 Å². The summed E-state index contributed by atoms with van der Waals surface area (Å²) in [5.74, 6) is 1.77. The molecular formula is C27H36N2O7. The highest BCUT2D eigenvalue weighted by Gasteiger charge is 2.36. The molecule has 3 rings (SSSR count). The molecule has 1 N–H and O–H groups in total. The highest BCUT2D eigenvalue weighted by atomic mass is 16.5. The average molecular weight is 501 g/mol. The van der Waals surface area contributed by atoms with E-state index in [1.165, 1.54) is 7.11 Å². The van der Waals surface area contributed by atoms with Gasteiger partial charge in [-0.2, -0.15) is 0 Å². The fraction of sp³-hybridized carbons (Fsp3) is 0.481. The van der Waals surface area contributed by atoms with Gasteiger partial charge in [0, 0.05) is 6.54 Å². The van der Waals surface area contributed by atoms with Crippen molar-refractivity contribution in [3.63, 3.8) is 0 Å². The monoisotopic (exact) mass is 500 g/mol. The van der Waals surface area contributed by atoms with Gasteiger partial charge in [-0.25, -0.2) is 9.59 Å².